The molecule has 0 aliphatic rings. The predicted octanol–water partition coefficient (Wildman–Crippen LogP) is 1.31. The summed E-state index contributed by atoms with van der Waals surface area (Å²) in [5, 5.41) is 0. The van der Waals surface area contributed by atoms with Gasteiger partial charge in [0.1, 0.15) is 5.65 Å². The first-order chi connectivity index (χ1) is 6.18. The Morgan fingerprint density at radius 3 is 2.92 bits per heavy atom. The summed E-state index contributed by atoms with van der Waals surface area (Å²) in [6, 6.07) is 3.79. The molecule has 0 N–H and O–H groups in total. The van der Waals surface area contributed by atoms with Crippen molar-refractivity contribution >= 4 is 5.65 Å². The quantitative estimate of drug-likeness (QED) is 0.603. The van der Waals surface area contributed by atoms with Crippen molar-refractivity contribution < 1.29 is 0 Å². The van der Waals surface area contributed by atoms with Crippen LogP contribution in [0.15, 0.2) is 29.3 Å². The van der Waals surface area contributed by atoms with E-state index in [1.54, 1.807) is 23.7 Å². The van der Waals surface area contributed by atoms with E-state index in [1.807, 2.05) is 19.1 Å². The van der Waals surface area contributed by atoms with Crippen molar-refractivity contribution in [3.8, 4) is 0 Å². The summed E-state index contributed by atoms with van der Waals surface area (Å²) in [5.74, 6) is 0. The molecule has 2 rings (SSSR count). The minimum absolute atomic E-state index is 0.00463. The van der Waals surface area contributed by atoms with Crippen LogP contribution in [0.3, 0.4) is 0 Å². The van der Waals surface area contributed by atoms with E-state index >= 15 is 0 Å². The van der Waals surface area contributed by atoms with Gasteiger partial charge in [-0.05, 0) is 31.5 Å². The Labute approximate surface area is 75.7 Å². The fraction of sp³-hybridized carbons (Fsp3) is 0.200. The van der Waals surface area contributed by atoms with E-state index in [0.717, 1.165) is 5.56 Å². The number of hydrogen-bond acceptors (Lipinski definition) is 2. The molecule has 66 valence electrons. The summed E-state index contributed by atoms with van der Waals surface area (Å²) >= 11 is 0. The van der Waals surface area contributed by atoms with Crippen LogP contribution in [0.5, 0.6) is 0 Å². The second-order valence-corrected chi connectivity index (χ2v) is 3.18. The standard InChI is InChI=1S/C10H10N2O/c1-7-3-4-12-9(5-7)11-6-8(2)10(12)13/h3-6H,1-2H3. The van der Waals surface area contributed by atoms with Crippen molar-refractivity contribution in [3.05, 3.63) is 46.0 Å². The first-order valence-corrected chi connectivity index (χ1v) is 4.13. The third-order valence-corrected chi connectivity index (χ3v) is 2.04. The Morgan fingerprint density at radius 2 is 2.15 bits per heavy atom. The highest BCUT2D eigenvalue weighted by atomic mass is 16.1. The maximum absolute atomic E-state index is 11.6. The molecule has 13 heavy (non-hydrogen) atoms. The number of pyridine rings is 1. The molecule has 2 aromatic rings. The molecule has 0 aliphatic heterocycles. The first kappa shape index (κ1) is 7.98. The molecule has 2 heterocycles. The number of aromatic nitrogens is 2. The van der Waals surface area contributed by atoms with Gasteiger partial charge in [-0.3, -0.25) is 9.20 Å². The van der Waals surface area contributed by atoms with Gasteiger partial charge >= 0.3 is 0 Å². The zero-order chi connectivity index (χ0) is 9.42. The Bertz CT molecular complexity index is 514. The van der Waals surface area contributed by atoms with Crippen molar-refractivity contribution in [2.24, 2.45) is 0 Å². The maximum atomic E-state index is 11.6. The fourth-order valence-corrected chi connectivity index (χ4v) is 1.27. The van der Waals surface area contributed by atoms with E-state index in [-0.39, 0.29) is 5.56 Å². The molecule has 3 nitrogen and oxygen atoms in total. The van der Waals surface area contributed by atoms with Crippen molar-refractivity contribution in [3.63, 3.8) is 0 Å². The van der Waals surface area contributed by atoms with E-state index in [9.17, 15) is 4.79 Å². The average molecular weight is 174 g/mol. The lowest BCUT2D eigenvalue weighted by atomic mass is 10.3. The van der Waals surface area contributed by atoms with E-state index in [0.29, 0.717) is 11.2 Å². The summed E-state index contributed by atoms with van der Waals surface area (Å²) in [6.45, 7) is 3.74. The van der Waals surface area contributed by atoms with Crippen LogP contribution in [0.4, 0.5) is 0 Å². The second kappa shape index (κ2) is 2.69. The predicted molar refractivity (Wildman–Crippen MR) is 50.9 cm³/mol. The molecule has 0 saturated carbocycles. The van der Waals surface area contributed by atoms with Crippen molar-refractivity contribution in [1.29, 1.82) is 0 Å². The molecule has 0 aliphatic carbocycles. The van der Waals surface area contributed by atoms with Gasteiger partial charge in [-0.25, -0.2) is 4.98 Å². The number of hydrogen-bond donors (Lipinski definition) is 0. The SMILES string of the molecule is Cc1ccn2c(=O)c(C)cnc2c1. The third kappa shape index (κ3) is 1.22. The summed E-state index contributed by atoms with van der Waals surface area (Å²) in [6.07, 6.45) is 3.37. The van der Waals surface area contributed by atoms with Gasteiger partial charge < -0.3 is 0 Å². The minimum Gasteiger partial charge on any atom is -0.269 e. The van der Waals surface area contributed by atoms with Crippen LogP contribution < -0.4 is 5.56 Å². The van der Waals surface area contributed by atoms with Crippen LogP contribution >= 0.6 is 0 Å². The molecule has 0 saturated heterocycles. The molecule has 3 heteroatoms. The zero-order valence-electron chi connectivity index (χ0n) is 7.61. The fourth-order valence-electron chi connectivity index (χ4n) is 1.27. The molecular formula is C10H10N2O. The van der Waals surface area contributed by atoms with Crippen molar-refractivity contribution in [2.45, 2.75) is 13.8 Å². The number of fused-ring (bicyclic) bond motifs is 1. The van der Waals surface area contributed by atoms with Gasteiger partial charge in [-0.1, -0.05) is 0 Å². The topological polar surface area (TPSA) is 34.4 Å². The Balaban J connectivity index is 2.95. The average Bonchev–Trinajstić information content (AvgIpc) is 2.12. The maximum Gasteiger partial charge on any atom is 0.260 e. The summed E-state index contributed by atoms with van der Waals surface area (Å²) in [4.78, 5) is 15.7. The molecule has 0 bridgehead atoms. The van der Waals surface area contributed by atoms with Crippen molar-refractivity contribution in [1.82, 2.24) is 9.38 Å². The Morgan fingerprint density at radius 1 is 1.38 bits per heavy atom. The Kier molecular flexibility index (Phi) is 1.65. The monoisotopic (exact) mass is 174 g/mol. The normalized spacial score (nSPS) is 10.6. The molecule has 0 radical (unpaired) electrons. The van der Waals surface area contributed by atoms with Gasteiger partial charge in [-0.2, -0.15) is 0 Å². The molecule has 0 amide bonds. The summed E-state index contributed by atoms with van der Waals surface area (Å²) in [5.41, 5.74) is 2.48. The summed E-state index contributed by atoms with van der Waals surface area (Å²) in [7, 11) is 0. The largest absolute Gasteiger partial charge is 0.269 e. The first-order valence-electron chi connectivity index (χ1n) is 4.13. The van der Waals surface area contributed by atoms with Gasteiger partial charge in [0.15, 0.2) is 0 Å². The molecule has 2 aromatic heterocycles. The van der Waals surface area contributed by atoms with Crippen LogP contribution in [0.1, 0.15) is 11.1 Å². The van der Waals surface area contributed by atoms with Crippen LogP contribution in [-0.2, 0) is 0 Å². The molecule has 0 fully saturated rings. The molecule has 0 aromatic carbocycles. The number of aryl methyl sites for hydroxylation is 2. The molecule has 0 spiro atoms. The highest BCUT2D eigenvalue weighted by molar-refractivity contribution is 5.40. The Hall–Kier alpha value is -1.64. The molecular weight excluding hydrogens is 164 g/mol. The van der Waals surface area contributed by atoms with Gasteiger partial charge in [0.25, 0.3) is 5.56 Å². The lowest BCUT2D eigenvalue weighted by molar-refractivity contribution is 1.01. The minimum atomic E-state index is 0.00463. The van der Waals surface area contributed by atoms with Gasteiger partial charge in [0, 0.05) is 18.0 Å². The zero-order valence-corrected chi connectivity index (χ0v) is 7.61. The van der Waals surface area contributed by atoms with Crippen LogP contribution in [0.25, 0.3) is 5.65 Å². The molecule has 0 atom stereocenters. The van der Waals surface area contributed by atoms with Gasteiger partial charge in [-0.15, -0.1) is 0 Å². The van der Waals surface area contributed by atoms with Gasteiger partial charge in [0.2, 0.25) is 0 Å². The smallest absolute Gasteiger partial charge is 0.260 e. The third-order valence-electron chi connectivity index (χ3n) is 2.04. The van der Waals surface area contributed by atoms with Crippen LogP contribution in [0.2, 0.25) is 0 Å². The van der Waals surface area contributed by atoms with E-state index in [1.165, 1.54) is 0 Å². The lowest BCUT2D eigenvalue weighted by Crippen LogP contribution is -2.16. The summed E-state index contributed by atoms with van der Waals surface area (Å²) < 4.78 is 1.56. The van der Waals surface area contributed by atoms with Crippen LogP contribution in [-0.4, -0.2) is 9.38 Å². The van der Waals surface area contributed by atoms with Gasteiger partial charge in [0.05, 0.1) is 0 Å². The molecule has 0 unspecified atom stereocenters. The van der Waals surface area contributed by atoms with E-state index in [2.05, 4.69) is 4.98 Å². The second-order valence-electron chi connectivity index (χ2n) is 3.18. The van der Waals surface area contributed by atoms with E-state index in [4.69, 9.17) is 0 Å². The van der Waals surface area contributed by atoms with Crippen molar-refractivity contribution in [2.75, 3.05) is 0 Å². The highest BCUT2D eigenvalue weighted by Gasteiger charge is 1.99. The lowest BCUT2D eigenvalue weighted by Gasteiger charge is -2.00. The highest BCUT2D eigenvalue weighted by Crippen LogP contribution is 2.01. The number of rotatable bonds is 0. The van der Waals surface area contributed by atoms with Crippen LogP contribution in [0, 0.1) is 13.8 Å². The van der Waals surface area contributed by atoms with E-state index < -0.39 is 0 Å². The number of nitrogens with zero attached hydrogens (tertiary/aromatic N) is 2.